The SMILES string of the molecule is CC(C)(CNCc1ccccc1)[N+](=O)[O-]. The van der Waals surface area contributed by atoms with Crippen molar-refractivity contribution >= 4 is 0 Å². The average Bonchev–Trinajstić information content (AvgIpc) is 2.19. The van der Waals surface area contributed by atoms with Crippen molar-refractivity contribution < 1.29 is 4.92 Å². The van der Waals surface area contributed by atoms with E-state index in [2.05, 4.69) is 5.32 Å². The summed E-state index contributed by atoms with van der Waals surface area (Å²) in [5.74, 6) is 0. The summed E-state index contributed by atoms with van der Waals surface area (Å²) in [7, 11) is 0. The van der Waals surface area contributed by atoms with Gasteiger partial charge in [-0.15, -0.1) is 0 Å². The molecule has 4 heteroatoms. The summed E-state index contributed by atoms with van der Waals surface area (Å²) in [6.45, 7) is 4.27. The molecule has 1 aromatic rings. The number of nitrogens with one attached hydrogen (secondary N) is 1. The van der Waals surface area contributed by atoms with Gasteiger partial charge in [-0.25, -0.2) is 0 Å². The minimum Gasteiger partial charge on any atom is -0.306 e. The van der Waals surface area contributed by atoms with Gasteiger partial charge in [0.2, 0.25) is 5.54 Å². The van der Waals surface area contributed by atoms with E-state index in [0.717, 1.165) is 5.56 Å². The molecule has 0 atom stereocenters. The number of benzene rings is 1. The van der Waals surface area contributed by atoms with Crippen LogP contribution < -0.4 is 5.32 Å². The summed E-state index contributed by atoms with van der Waals surface area (Å²) in [5.41, 5.74) is 0.228. The highest BCUT2D eigenvalue weighted by atomic mass is 16.6. The zero-order chi connectivity index (χ0) is 11.3. The van der Waals surface area contributed by atoms with Gasteiger partial charge < -0.3 is 5.32 Å². The lowest BCUT2D eigenvalue weighted by Crippen LogP contribution is -2.41. The van der Waals surface area contributed by atoms with Crippen molar-refractivity contribution in [1.29, 1.82) is 0 Å². The molecule has 0 bridgehead atoms. The molecule has 0 heterocycles. The zero-order valence-corrected chi connectivity index (χ0v) is 9.06. The molecule has 0 aromatic heterocycles. The normalized spacial score (nSPS) is 11.3. The predicted molar refractivity (Wildman–Crippen MR) is 59.2 cm³/mol. The molecule has 0 aliphatic rings. The summed E-state index contributed by atoms with van der Waals surface area (Å²) >= 11 is 0. The molecule has 15 heavy (non-hydrogen) atoms. The third-order valence-electron chi connectivity index (χ3n) is 2.22. The highest BCUT2D eigenvalue weighted by Crippen LogP contribution is 2.06. The summed E-state index contributed by atoms with van der Waals surface area (Å²) in [6.07, 6.45) is 0. The van der Waals surface area contributed by atoms with Gasteiger partial charge >= 0.3 is 0 Å². The van der Waals surface area contributed by atoms with Crippen LogP contribution in [-0.4, -0.2) is 17.0 Å². The van der Waals surface area contributed by atoms with Gasteiger partial charge in [-0.2, -0.15) is 0 Å². The Balaban J connectivity index is 2.37. The maximum absolute atomic E-state index is 10.6. The predicted octanol–water partition coefficient (Wildman–Crippen LogP) is 1.83. The Hall–Kier alpha value is -1.42. The molecule has 0 spiro atoms. The summed E-state index contributed by atoms with van der Waals surface area (Å²) in [5, 5.41) is 13.7. The first-order chi connectivity index (χ1) is 7.02. The minimum absolute atomic E-state index is 0.259. The van der Waals surface area contributed by atoms with Gasteiger partial charge in [-0.3, -0.25) is 10.1 Å². The van der Waals surface area contributed by atoms with Gasteiger partial charge in [0.25, 0.3) is 0 Å². The van der Waals surface area contributed by atoms with E-state index >= 15 is 0 Å². The van der Waals surface area contributed by atoms with Gasteiger partial charge in [-0.1, -0.05) is 30.3 Å². The Morgan fingerprint density at radius 2 is 1.93 bits per heavy atom. The zero-order valence-electron chi connectivity index (χ0n) is 9.06. The molecule has 0 fully saturated rings. The topological polar surface area (TPSA) is 55.2 Å². The Kier molecular flexibility index (Phi) is 3.80. The van der Waals surface area contributed by atoms with Crippen LogP contribution in [0.5, 0.6) is 0 Å². The summed E-state index contributed by atoms with van der Waals surface area (Å²) in [4.78, 5) is 10.4. The largest absolute Gasteiger partial charge is 0.306 e. The highest BCUT2D eigenvalue weighted by Gasteiger charge is 2.29. The van der Waals surface area contributed by atoms with Gasteiger partial charge in [0.1, 0.15) is 0 Å². The fraction of sp³-hybridized carbons (Fsp3) is 0.455. The van der Waals surface area contributed by atoms with Crippen LogP contribution >= 0.6 is 0 Å². The Morgan fingerprint density at radius 1 is 1.33 bits per heavy atom. The first kappa shape index (κ1) is 11.7. The fourth-order valence-electron chi connectivity index (χ4n) is 1.17. The van der Waals surface area contributed by atoms with E-state index in [9.17, 15) is 10.1 Å². The molecule has 1 N–H and O–H groups in total. The Morgan fingerprint density at radius 3 is 2.47 bits per heavy atom. The molecule has 0 saturated carbocycles. The van der Waals surface area contributed by atoms with Crippen LogP contribution in [0.1, 0.15) is 19.4 Å². The first-order valence-corrected chi connectivity index (χ1v) is 4.91. The number of hydrogen-bond donors (Lipinski definition) is 1. The number of nitrogens with zero attached hydrogens (tertiary/aromatic N) is 1. The second-order valence-electron chi connectivity index (χ2n) is 4.16. The molecule has 0 radical (unpaired) electrons. The van der Waals surface area contributed by atoms with Crippen LogP contribution in [0.3, 0.4) is 0 Å². The lowest BCUT2D eigenvalue weighted by Gasteiger charge is -2.16. The Bertz CT molecular complexity index is 323. The number of hydrogen-bond acceptors (Lipinski definition) is 3. The van der Waals surface area contributed by atoms with E-state index in [0.29, 0.717) is 13.1 Å². The second-order valence-corrected chi connectivity index (χ2v) is 4.16. The summed E-state index contributed by atoms with van der Waals surface area (Å²) in [6, 6.07) is 9.84. The van der Waals surface area contributed by atoms with E-state index in [4.69, 9.17) is 0 Å². The Labute approximate surface area is 89.5 Å². The van der Waals surface area contributed by atoms with Crippen molar-refractivity contribution in [3.63, 3.8) is 0 Å². The highest BCUT2D eigenvalue weighted by molar-refractivity contribution is 5.14. The molecule has 1 aromatic carbocycles. The molecule has 0 unspecified atom stereocenters. The summed E-state index contributed by atoms with van der Waals surface area (Å²) < 4.78 is 0. The standard InChI is InChI=1S/C11H16N2O2/c1-11(2,13(14)15)9-12-8-10-6-4-3-5-7-10/h3-7,12H,8-9H2,1-2H3. The van der Waals surface area contributed by atoms with Crippen molar-refractivity contribution in [1.82, 2.24) is 5.32 Å². The van der Waals surface area contributed by atoms with E-state index in [-0.39, 0.29) is 4.92 Å². The van der Waals surface area contributed by atoms with Gasteiger partial charge in [0.05, 0.1) is 6.54 Å². The third kappa shape index (κ3) is 3.67. The smallest absolute Gasteiger partial charge is 0.229 e. The van der Waals surface area contributed by atoms with Crippen molar-refractivity contribution in [2.75, 3.05) is 6.54 Å². The van der Waals surface area contributed by atoms with Crippen LogP contribution in [0.4, 0.5) is 0 Å². The van der Waals surface area contributed by atoms with Crippen molar-refractivity contribution in [3.05, 3.63) is 46.0 Å². The molecular weight excluding hydrogens is 192 g/mol. The average molecular weight is 208 g/mol. The van der Waals surface area contributed by atoms with E-state index in [1.165, 1.54) is 0 Å². The van der Waals surface area contributed by atoms with Crippen LogP contribution in [0.2, 0.25) is 0 Å². The maximum atomic E-state index is 10.6. The van der Waals surface area contributed by atoms with Gasteiger partial charge in [0, 0.05) is 25.3 Å². The van der Waals surface area contributed by atoms with Gasteiger partial charge in [0.15, 0.2) is 0 Å². The van der Waals surface area contributed by atoms with Crippen LogP contribution in [-0.2, 0) is 6.54 Å². The molecule has 82 valence electrons. The maximum Gasteiger partial charge on any atom is 0.229 e. The first-order valence-electron chi connectivity index (χ1n) is 4.91. The number of rotatable bonds is 5. The molecule has 4 nitrogen and oxygen atoms in total. The number of nitro groups is 1. The van der Waals surface area contributed by atoms with E-state index < -0.39 is 5.54 Å². The minimum atomic E-state index is -0.908. The molecule has 0 aliphatic carbocycles. The van der Waals surface area contributed by atoms with Crippen molar-refractivity contribution in [2.45, 2.75) is 25.9 Å². The molecular formula is C11H16N2O2. The molecule has 0 amide bonds. The van der Waals surface area contributed by atoms with Crippen LogP contribution in [0, 0.1) is 10.1 Å². The van der Waals surface area contributed by atoms with E-state index in [1.807, 2.05) is 30.3 Å². The van der Waals surface area contributed by atoms with E-state index in [1.54, 1.807) is 13.8 Å². The lowest BCUT2D eigenvalue weighted by atomic mass is 10.1. The molecule has 1 rings (SSSR count). The van der Waals surface area contributed by atoms with Crippen LogP contribution in [0.25, 0.3) is 0 Å². The monoisotopic (exact) mass is 208 g/mol. The molecule has 0 saturated heterocycles. The van der Waals surface area contributed by atoms with Gasteiger partial charge in [-0.05, 0) is 5.56 Å². The fourth-order valence-corrected chi connectivity index (χ4v) is 1.17. The molecule has 0 aliphatic heterocycles. The van der Waals surface area contributed by atoms with Crippen molar-refractivity contribution in [2.24, 2.45) is 0 Å². The second kappa shape index (κ2) is 4.89. The quantitative estimate of drug-likeness (QED) is 0.593. The van der Waals surface area contributed by atoms with Crippen LogP contribution in [0.15, 0.2) is 30.3 Å². The lowest BCUT2D eigenvalue weighted by molar-refractivity contribution is -0.558. The van der Waals surface area contributed by atoms with Crippen molar-refractivity contribution in [3.8, 4) is 0 Å². The third-order valence-corrected chi connectivity index (χ3v) is 2.22.